The molecule has 3 fully saturated rings. The van der Waals surface area contributed by atoms with Gasteiger partial charge >= 0.3 is 5.97 Å². The first kappa shape index (κ1) is 26.8. The molecule has 8 heteroatoms. The van der Waals surface area contributed by atoms with E-state index in [1.54, 1.807) is 28.8 Å². The van der Waals surface area contributed by atoms with Crippen LogP contribution in [0, 0.1) is 11.8 Å². The van der Waals surface area contributed by atoms with Crippen LogP contribution >= 0.6 is 11.8 Å². The van der Waals surface area contributed by atoms with E-state index in [0.29, 0.717) is 32.4 Å². The number of fused-ring (bicyclic) bond motifs is 1. The summed E-state index contributed by atoms with van der Waals surface area (Å²) in [5.74, 6) is -1.55. The van der Waals surface area contributed by atoms with Crippen LogP contribution in [0.25, 0.3) is 0 Å². The summed E-state index contributed by atoms with van der Waals surface area (Å²) in [6, 6.07) is -0.576. The molecule has 34 heavy (non-hydrogen) atoms. The molecule has 2 bridgehead atoms. The predicted octanol–water partition coefficient (Wildman–Crippen LogP) is 3.17. The Hall–Kier alpha value is -1.80. The van der Waals surface area contributed by atoms with E-state index in [2.05, 4.69) is 20.1 Å². The molecule has 3 aliphatic heterocycles. The largest absolute Gasteiger partial charge is 0.465 e. The zero-order chi connectivity index (χ0) is 24.9. The lowest BCUT2D eigenvalue weighted by atomic mass is 9.71. The van der Waals surface area contributed by atoms with E-state index in [1.165, 1.54) is 0 Å². The van der Waals surface area contributed by atoms with Crippen molar-refractivity contribution in [3.8, 4) is 0 Å². The zero-order valence-electron chi connectivity index (χ0n) is 20.6. The maximum absolute atomic E-state index is 14.1. The Morgan fingerprint density at radius 2 is 2.12 bits per heavy atom. The molecule has 7 nitrogen and oxygen atoms in total. The Labute approximate surface area is 208 Å². The number of ether oxygens (including phenoxy) is 1. The Kier molecular flexibility index (Phi) is 9.27. The molecular formula is C26H40N2O5S. The number of rotatable bonds is 14. The molecule has 3 saturated heterocycles. The molecule has 190 valence electrons. The quantitative estimate of drug-likeness (QED) is 0.228. The highest BCUT2D eigenvalue weighted by Gasteiger charge is 2.74. The predicted molar refractivity (Wildman–Crippen MR) is 134 cm³/mol. The average Bonchev–Trinajstić information content (AvgIpc) is 3.45. The first-order valence-electron chi connectivity index (χ1n) is 12.7. The standard InChI is InChI=1S/C26H40N2O5S/c1-5-8-17-33-25(32)20-19-12-13-26(34-19)21(20)23(30)28(15-9-10-16-29)22(26)24(31)27(14-7-3)18(4)11-6-2/h5,7,18-22,29H,1,3,6,8-17H2,2,4H3/t18?,19-,20+,21+,22?,26?/m1/s1. The van der Waals surface area contributed by atoms with Crippen molar-refractivity contribution in [2.45, 2.75) is 80.9 Å². The van der Waals surface area contributed by atoms with Crippen LogP contribution in [0.2, 0.25) is 0 Å². The molecule has 6 atom stereocenters. The van der Waals surface area contributed by atoms with Gasteiger partial charge in [-0.15, -0.1) is 24.9 Å². The van der Waals surface area contributed by atoms with Gasteiger partial charge in [-0.05, 0) is 45.4 Å². The molecule has 3 heterocycles. The number of aliphatic hydroxyl groups excluding tert-OH is 1. The van der Waals surface area contributed by atoms with Crippen LogP contribution in [0.1, 0.15) is 58.8 Å². The number of esters is 1. The number of nitrogens with zero attached hydrogens (tertiary/aromatic N) is 2. The molecule has 3 rings (SSSR count). The number of aliphatic hydroxyl groups is 1. The van der Waals surface area contributed by atoms with E-state index in [4.69, 9.17) is 4.74 Å². The third kappa shape index (κ3) is 4.81. The van der Waals surface area contributed by atoms with Crippen molar-refractivity contribution in [2.24, 2.45) is 11.8 Å². The van der Waals surface area contributed by atoms with E-state index < -0.39 is 22.6 Å². The van der Waals surface area contributed by atoms with Gasteiger partial charge in [0, 0.05) is 31.0 Å². The monoisotopic (exact) mass is 492 g/mol. The summed E-state index contributed by atoms with van der Waals surface area (Å²) in [6.07, 6.45) is 8.56. The highest BCUT2D eigenvalue weighted by Crippen LogP contribution is 2.66. The Bertz CT molecular complexity index is 789. The van der Waals surface area contributed by atoms with Crippen molar-refractivity contribution in [2.75, 3.05) is 26.3 Å². The molecule has 3 aliphatic rings. The number of likely N-dealkylation sites (tertiary alicyclic amines) is 1. The molecule has 1 N–H and O–H groups in total. The lowest BCUT2D eigenvalue weighted by Crippen LogP contribution is -2.56. The minimum atomic E-state index is -0.607. The van der Waals surface area contributed by atoms with E-state index in [0.717, 1.165) is 25.7 Å². The summed E-state index contributed by atoms with van der Waals surface area (Å²) in [5.41, 5.74) is 0. The second-order valence-corrected chi connectivity index (χ2v) is 11.3. The fraction of sp³-hybridized carbons (Fsp3) is 0.731. The average molecular weight is 493 g/mol. The van der Waals surface area contributed by atoms with E-state index in [1.807, 2.05) is 11.8 Å². The minimum absolute atomic E-state index is 0.000919. The minimum Gasteiger partial charge on any atom is -0.465 e. The number of carbonyl (C=O) groups is 3. The fourth-order valence-corrected chi connectivity index (χ4v) is 8.23. The lowest BCUT2D eigenvalue weighted by molar-refractivity contribution is -0.154. The molecule has 0 aromatic carbocycles. The van der Waals surface area contributed by atoms with E-state index >= 15 is 0 Å². The van der Waals surface area contributed by atoms with Crippen molar-refractivity contribution in [1.82, 2.24) is 9.80 Å². The summed E-state index contributed by atoms with van der Waals surface area (Å²) in [7, 11) is 0. The number of hydrogen-bond acceptors (Lipinski definition) is 6. The summed E-state index contributed by atoms with van der Waals surface area (Å²) in [4.78, 5) is 44.6. The SMILES string of the molecule is C=CCCOC(=O)[C@@H]1[C@H]2C(=O)N(CCCCO)C(C(=O)N(CC=C)C(C)CCC)C23CC[C@H]1S3. The van der Waals surface area contributed by atoms with Gasteiger partial charge in [0.2, 0.25) is 11.8 Å². The van der Waals surface area contributed by atoms with Crippen LogP contribution in [0.5, 0.6) is 0 Å². The van der Waals surface area contributed by atoms with E-state index in [-0.39, 0.29) is 42.3 Å². The maximum atomic E-state index is 14.1. The van der Waals surface area contributed by atoms with Crippen LogP contribution in [-0.2, 0) is 19.1 Å². The smallest absolute Gasteiger partial charge is 0.310 e. The second kappa shape index (κ2) is 11.8. The summed E-state index contributed by atoms with van der Waals surface area (Å²) < 4.78 is 4.92. The van der Waals surface area contributed by atoms with Gasteiger partial charge in [0.15, 0.2) is 0 Å². The van der Waals surface area contributed by atoms with Gasteiger partial charge in [-0.3, -0.25) is 14.4 Å². The van der Waals surface area contributed by atoms with Gasteiger partial charge in [-0.25, -0.2) is 0 Å². The summed E-state index contributed by atoms with van der Waals surface area (Å²) in [5, 5.41) is 9.29. The van der Waals surface area contributed by atoms with Gasteiger partial charge in [-0.1, -0.05) is 25.5 Å². The fourth-order valence-electron chi connectivity index (χ4n) is 6.03. The van der Waals surface area contributed by atoms with Crippen LogP contribution in [0.4, 0.5) is 0 Å². The Morgan fingerprint density at radius 3 is 2.76 bits per heavy atom. The van der Waals surface area contributed by atoms with Crippen molar-refractivity contribution in [3.63, 3.8) is 0 Å². The van der Waals surface area contributed by atoms with Crippen LogP contribution in [0.15, 0.2) is 25.3 Å². The van der Waals surface area contributed by atoms with Crippen molar-refractivity contribution >= 4 is 29.5 Å². The molecule has 0 saturated carbocycles. The second-order valence-electron chi connectivity index (χ2n) is 9.68. The van der Waals surface area contributed by atoms with Crippen LogP contribution in [0.3, 0.4) is 0 Å². The topological polar surface area (TPSA) is 87.1 Å². The summed E-state index contributed by atoms with van der Waals surface area (Å²) >= 11 is 1.66. The molecule has 0 aliphatic carbocycles. The Balaban J connectivity index is 1.95. The molecular weight excluding hydrogens is 452 g/mol. The van der Waals surface area contributed by atoms with Crippen molar-refractivity contribution in [1.29, 1.82) is 0 Å². The third-order valence-corrected chi connectivity index (χ3v) is 9.48. The number of unbranched alkanes of at least 4 members (excludes halogenated alkanes) is 1. The number of amides is 2. The number of carbonyl (C=O) groups excluding carboxylic acids is 3. The number of thioether (sulfide) groups is 1. The first-order valence-corrected chi connectivity index (χ1v) is 13.5. The number of hydrogen-bond donors (Lipinski definition) is 1. The lowest BCUT2D eigenvalue weighted by Gasteiger charge is -2.39. The van der Waals surface area contributed by atoms with Gasteiger partial charge in [0.25, 0.3) is 0 Å². The molecule has 3 unspecified atom stereocenters. The van der Waals surface area contributed by atoms with Gasteiger partial charge < -0.3 is 19.6 Å². The maximum Gasteiger partial charge on any atom is 0.310 e. The van der Waals surface area contributed by atoms with Crippen molar-refractivity contribution in [3.05, 3.63) is 25.3 Å². The molecule has 0 aromatic rings. The van der Waals surface area contributed by atoms with Gasteiger partial charge in [0.05, 0.1) is 23.2 Å². The van der Waals surface area contributed by atoms with E-state index in [9.17, 15) is 19.5 Å². The normalized spacial score (nSPS) is 30.2. The highest BCUT2D eigenvalue weighted by atomic mass is 32.2. The first-order chi connectivity index (χ1) is 16.4. The molecule has 0 aromatic heterocycles. The molecule has 0 radical (unpaired) electrons. The van der Waals surface area contributed by atoms with Crippen LogP contribution in [-0.4, -0.2) is 81.1 Å². The Morgan fingerprint density at radius 1 is 1.35 bits per heavy atom. The van der Waals surface area contributed by atoms with Gasteiger partial charge in [-0.2, -0.15) is 0 Å². The molecule has 1 spiro atoms. The van der Waals surface area contributed by atoms with Crippen LogP contribution < -0.4 is 0 Å². The zero-order valence-corrected chi connectivity index (χ0v) is 21.4. The summed E-state index contributed by atoms with van der Waals surface area (Å²) in [6.45, 7) is 12.8. The van der Waals surface area contributed by atoms with Crippen molar-refractivity contribution < 1.29 is 24.2 Å². The highest BCUT2D eigenvalue weighted by molar-refractivity contribution is 8.02. The third-order valence-electron chi connectivity index (χ3n) is 7.53. The molecule has 2 amide bonds. The van der Waals surface area contributed by atoms with Gasteiger partial charge in [0.1, 0.15) is 6.04 Å².